The van der Waals surface area contributed by atoms with Crippen LogP contribution < -0.4 is 14.8 Å². The second-order valence-corrected chi connectivity index (χ2v) is 6.63. The summed E-state index contributed by atoms with van der Waals surface area (Å²) in [4.78, 5) is 8.07. The normalized spacial score (nSPS) is 19.9. The number of hydrogen-bond donors (Lipinski definition) is 1. The van der Waals surface area contributed by atoms with E-state index in [-0.39, 0.29) is 29.1 Å². The highest BCUT2D eigenvalue weighted by molar-refractivity contribution is 6.29. The van der Waals surface area contributed by atoms with Crippen LogP contribution in [0.2, 0.25) is 5.15 Å². The molecule has 0 aliphatic carbocycles. The minimum absolute atomic E-state index is 0.0791. The van der Waals surface area contributed by atoms with Gasteiger partial charge in [-0.2, -0.15) is 9.97 Å². The molecule has 1 N–H and O–H groups in total. The van der Waals surface area contributed by atoms with Gasteiger partial charge in [0.1, 0.15) is 16.7 Å². The van der Waals surface area contributed by atoms with Crippen molar-refractivity contribution < 1.29 is 27.4 Å². The first-order chi connectivity index (χ1) is 13.3. The van der Waals surface area contributed by atoms with Crippen molar-refractivity contribution in [3.05, 3.63) is 41.0 Å². The van der Waals surface area contributed by atoms with E-state index in [1.54, 1.807) is 18.2 Å². The standard InChI is InChI=1S/C18H19ClF3N3O3/c1-26-17-24-15(19)9-16(25-17)23-10-13-3-2-4-14(27-13)11-5-7-12(8-6-11)28-18(20,21)22/h5-9,13-14H,2-4,10H2,1H3,(H,23,24,25). The second kappa shape index (κ2) is 8.83. The van der Waals surface area contributed by atoms with Crippen LogP contribution in [0, 0.1) is 0 Å². The van der Waals surface area contributed by atoms with Gasteiger partial charge in [0.15, 0.2) is 0 Å². The van der Waals surface area contributed by atoms with Gasteiger partial charge >= 0.3 is 12.4 Å². The van der Waals surface area contributed by atoms with Gasteiger partial charge in [-0.05, 0) is 37.0 Å². The third-order valence-corrected chi connectivity index (χ3v) is 4.40. The van der Waals surface area contributed by atoms with Crippen molar-refractivity contribution >= 4 is 17.4 Å². The zero-order valence-electron chi connectivity index (χ0n) is 15.0. The highest BCUT2D eigenvalue weighted by atomic mass is 35.5. The molecule has 2 aromatic rings. The molecule has 3 rings (SSSR count). The molecule has 1 fully saturated rings. The van der Waals surface area contributed by atoms with Gasteiger partial charge in [0.25, 0.3) is 0 Å². The number of nitrogens with zero attached hydrogens (tertiary/aromatic N) is 2. The average molecular weight is 418 g/mol. The molecule has 1 aromatic heterocycles. The van der Waals surface area contributed by atoms with E-state index in [4.69, 9.17) is 21.1 Å². The fourth-order valence-corrected chi connectivity index (χ4v) is 3.15. The van der Waals surface area contributed by atoms with Crippen LogP contribution in [0.4, 0.5) is 19.0 Å². The minimum Gasteiger partial charge on any atom is -0.467 e. The molecule has 0 saturated carbocycles. The largest absolute Gasteiger partial charge is 0.573 e. The number of methoxy groups -OCH3 is 1. The van der Waals surface area contributed by atoms with Gasteiger partial charge in [0.05, 0.1) is 19.3 Å². The molecule has 1 saturated heterocycles. The van der Waals surface area contributed by atoms with Gasteiger partial charge in [-0.15, -0.1) is 13.2 Å². The third kappa shape index (κ3) is 5.87. The monoisotopic (exact) mass is 417 g/mol. The van der Waals surface area contributed by atoms with Gasteiger partial charge in [-0.25, -0.2) is 0 Å². The van der Waals surface area contributed by atoms with Crippen LogP contribution in [-0.4, -0.2) is 36.1 Å². The van der Waals surface area contributed by atoms with Crippen molar-refractivity contribution in [2.24, 2.45) is 0 Å². The Morgan fingerprint density at radius 2 is 1.96 bits per heavy atom. The molecule has 2 heterocycles. The summed E-state index contributed by atoms with van der Waals surface area (Å²) in [6.07, 6.45) is -2.39. The van der Waals surface area contributed by atoms with Gasteiger partial charge in [0.2, 0.25) is 0 Å². The van der Waals surface area contributed by atoms with E-state index < -0.39 is 6.36 Å². The van der Waals surface area contributed by atoms with Crippen molar-refractivity contribution in [1.29, 1.82) is 0 Å². The Bertz CT molecular complexity index is 790. The van der Waals surface area contributed by atoms with Crippen LogP contribution in [0.15, 0.2) is 30.3 Å². The number of hydrogen-bond acceptors (Lipinski definition) is 6. The minimum atomic E-state index is -4.70. The number of ether oxygens (including phenoxy) is 3. The Kier molecular flexibility index (Phi) is 6.46. The molecular formula is C18H19ClF3N3O3. The SMILES string of the molecule is COc1nc(Cl)cc(NCC2CCCC(c3ccc(OC(F)(F)F)cc3)O2)n1. The highest BCUT2D eigenvalue weighted by Gasteiger charge is 2.31. The van der Waals surface area contributed by atoms with E-state index in [9.17, 15) is 13.2 Å². The van der Waals surface area contributed by atoms with Gasteiger partial charge in [-0.3, -0.25) is 0 Å². The summed E-state index contributed by atoms with van der Waals surface area (Å²) in [5.74, 6) is 0.274. The lowest BCUT2D eigenvalue weighted by molar-refractivity contribution is -0.274. The van der Waals surface area contributed by atoms with E-state index in [1.165, 1.54) is 19.2 Å². The van der Waals surface area contributed by atoms with Crippen LogP contribution in [0.3, 0.4) is 0 Å². The summed E-state index contributed by atoms with van der Waals surface area (Å²) in [5, 5.41) is 3.41. The summed E-state index contributed by atoms with van der Waals surface area (Å²) in [5.41, 5.74) is 0.811. The molecule has 0 spiro atoms. The summed E-state index contributed by atoms with van der Waals surface area (Å²) in [7, 11) is 1.45. The summed E-state index contributed by atoms with van der Waals surface area (Å²) in [6.45, 7) is 0.502. The molecule has 28 heavy (non-hydrogen) atoms. The Labute approximate surface area is 165 Å². The zero-order valence-corrected chi connectivity index (χ0v) is 15.8. The molecule has 0 bridgehead atoms. The number of nitrogens with one attached hydrogen (secondary N) is 1. The van der Waals surface area contributed by atoms with Gasteiger partial charge in [0, 0.05) is 12.6 Å². The lowest BCUT2D eigenvalue weighted by Crippen LogP contribution is -2.29. The van der Waals surface area contributed by atoms with Gasteiger partial charge in [-0.1, -0.05) is 23.7 Å². The smallest absolute Gasteiger partial charge is 0.467 e. The Morgan fingerprint density at radius 1 is 1.21 bits per heavy atom. The average Bonchev–Trinajstić information content (AvgIpc) is 2.65. The van der Waals surface area contributed by atoms with E-state index in [0.29, 0.717) is 12.4 Å². The fourth-order valence-electron chi connectivity index (χ4n) is 2.98. The van der Waals surface area contributed by atoms with Crippen LogP contribution in [0.25, 0.3) is 0 Å². The number of alkyl halides is 3. The van der Waals surface area contributed by atoms with Crippen molar-refractivity contribution in [2.45, 2.75) is 37.8 Å². The first-order valence-corrected chi connectivity index (χ1v) is 9.04. The summed E-state index contributed by atoms with van der Waals surface area (Å²) in [6, 6.07) is 7.53. The quantitative estimate of drug-likeness (QED) is 0.684. The van der Waals surface area contributed by atoms with Crippen molar-refractivity contribution in [3.63, 3.8) is 0 Å². The predicted molar refractivity (Wildman–Crippen MR) is 96.7 cm³/mol. The Balaban J connectivity index is 1.57. The number of anilines is 1. The summed E-state index contributed by atoms with van der Waals surface area (Å²) < 4.78 is 51.8. The summed E-state index contributed by atoms with van der Waals surface area (Å²) >= 11 is 5.92. The molecule has 10 heteroatoms. The molecular weight excluding hydrogens is 399 g/mol. The lowest BCUT2D eigenvalue weighted by Gasteiger charge is -2.30. The molecule has 0 radical (unpaired) electrons. The van der Waals surface area contributed by atoms with Crippen molar-refractivity contribution in [3.8, 4) is 11.8 Å². The second-order valence-electron chi connectivity index (χ2n) is 6.24. The molecule has 1 aromatic carbocycles. The van der Waals surface area contributed by atoms with E-state index in [2.05, 4.69) is 20.0 Å². The molecule has 1 aliphatic rings. The Hall–Kier alpha value is -2.26. The van der Waals surface area contributed by atoms with Crippen LogP contribution in [0.5, 0.6) is 11.8 Å². The topological polar surface area (TPSA) is 65.5 Å². The predicted octanol–water partition coefficient (Wildman–Crippen LogP) is 4.76. The zero-order chi connectivity index (χ0) is 20.1. The molecule has 0 amide bonds. The van der Waals surface area contributed by atoms with Crippen molar-refractivity contribution in [1.82, 2.24) is 9.97 Å². The van der Waals surface area contributed by atoms with E-state index in [0.717, 1.165) is 24.8 Å². The molecule has 6 nitrogen and oxygen atoms in total. The van der Waals surface area contributed by atoms with Crippen LogP contribution in [0.1, 0.15) is 30.9 Å². The molecule has 1 aliphatic heterocycles. The maximum atomic E-state index is 12.3. The molecule has 2 atom stereocenters. The maximum Gasteiger partial charge on any atom is 0.573 e. The van der Waals surface area contributed by atoms with Crippen molar-refractivity contribution in [2.75, 3.05) is 19.0 Å². The lowest BCUT2D eigenvalue weighted by atomic mass is 9.98. The highest BCUT2D eigenvalue weighted by Crippen LogP contribution is 2.33. The van der Waals surface area contributed by atoms with Crippen LogP contribution >= 0.6 is 11.6 Å². The number of rotatable bonds is 6. The van der Waals surface area contributed by atoms with Crippen LogP contribution in [-0.2, 0) is 4.74 Å². The fraction of sp³-hybridized carbons (Fsp3) is 0.444. The number of halogens is 4. The molecule has 152 valence electrons. The molecule has 2 unspecified atom stereocenters. The third-order valence-electron chi connectivity index (χ3n) is 4.20. The van der Waals surface area contributed by atoms with E-state index >= 15 is 0 Å². The maximum absolute atomic E-state index is 12.3. The van der Waals surface area contributed by atoms with Gasteiger partial charge < -0.3 is 19.5 Å². The number of aromatic nitrogens is 2. The number of benzene rings is 1. The first-order valence-electron chi connectivity index (χ1n) is 8.66. The first kappa shape index (κ1) is 20.5. The van der Waals surface area contributed by atoms with E-state index in [1.807, 2.05) is 0 Å². The Morgan fingerprint density at radius 3 is 2.64 bits per heavy atom.